The Kier molecular flexibility index (Phi) is 3.09. The second-order valence-electron chi connectivity index (χ2n) is 2.72. The van der Waals surface area contributed by atoms with Crippen LogP contribution in [0, 0.1) is 11.8 Å². The van der Waals surface area contributed by atoms with Crippen LogP contribution in [0.5, 0.6) is 0 Å². The first-order valence-corrected chi connectivity index (χ1v) is 3.63. The van der Waals surface area contributed by atoms with Gasteiger partial charge in [0.05, 0.1) is 13.3 Å². The summed E-state index contributed by atoms with van der Waals surface area (Å²) in [6, 6.07) is 0. The van der Waals surface area contributed by atoms with Gasteiger partial charge in [-0.05, 0) is 12.3 Å². The van der Waals surface area contributed by atoms with E-state index in [1.807, 2.05) is 0 Å². The summed E-state index contributed by atoms with van der Waals surface area (Å²) in [5, 5.41) is 8.76. The SMILES string of the molecule is OCC1COCC1CCF. The van der Waals surface area contributed by atoms with Gasteiger partial charge in [0.2, 0.25) is 0 Å². The molecule has 0 spiro atoms. The van der Waals surface area contributed by atoms with Crippen molar-refractivity contribution in [1.82, 2.24) is 0 Å². The molecule has 1 heterocycles. The molecule has 0 aromatic carbocycles. The highest BCUT2D eigenvalue weighted by atomic mass is 19.1. The Balaban J connectivity index is 2.27. The van der Waals surface area contributed by atoms with Gasteiger partial charge in [-0.2, -0.15) is 0 Å². The molecule has 2 unspecified atom stereocenters. The molecule has 0 radical (unpaired) electrons. The van der Waals surface area contributed by atoms with E-state index in [4.69, 9.17) is 9.84 Å². The van der Waals surface area contributed by atoms with Crippen molar-refractivity contribution in [3.05, 3.63) is 0 Å². The van der Waals surface area contributed by atoms with Gasteiger partial charge in [-0.1, -0.05) is 0 Å². The van der Waals surface area contributed by atoms with E-state index >= 15 is 0 Å². The number of alkyl halides is 1. The number of hydrogen-bond donors (Lipinski definition) is 1. The summed E-state index contributed by atoms with van der Waals surface area (Å²) in [4.78, 5) is 0. The number of halogens is 1. The minimum Gasteiger partial charge on any atom is -0.396 e. The number of aliphatic hydroxyl groups excluding tert-OH is 1. The molecule has 0 bridgehead atoms. The topological polar surface area (TPSA) is 29.5 Å². The lowest BCUT2D eigenvalue weighted by Crippen LogP contribution is -2.16. The molecule has 60 valence electrons. The molecule has 1 aliphatic rings. The van der Waals surface area contributed by atoms with Crippen molar-refractivity contribution in [3.8, 4) is 0 Å². The van der Waals surface area contributed by atoms with E-state index in [2.05, 4.69) is 0 Å². The zero-order chi connectivity index (χ0) is 7.40. The van der Waals surface area contributed by atoms with Crippen LogP contribution in [-0.2, 0) is 4.74 Å². The Morgan fingerprint density at radius 3 is 2.70 bits per heavy atom. The molecule has 1 N–H and O–H groups in total. The van der Waals surface area contributed by atoms with Crippen molar-refractivity contribution >= 4 is 0 Å². The number of rotatable bonds is 3. The largest absolute Gasteiger partial charge is 0.396 e. The highest BCUT2D eigenvalue weighted by molar-refractivity contribution is 4.73. The van der Waals surface area contributed by atoms with E-state index in [9.17, 15) is 4.39 Å². The maximum Gasteiger partial charge on any atom is 0.0898 e. The Hall–Kier alpha value is -0.150. The van der Waals surface area contributed by atoms with Crippen molar-refractivity contribution in [2.24, 2.45) is 11.8 Å². The van der Waals surface area contributed by atoms with Crippen LogP contribution in [0.15, 0.2) is 0 Å². The zero-order valence-corrected chi connectivity index (χ0v) is 5.92. The Bertz CT molecular complexity index is 97.6. The summed E-state index contributed by atoms with van der Waals surface area (Å²) in [6.45, 7) is 1.05. The summed E-state index contributed by atoms with van der Waals surface area (Å²) in [5.74, 6) is 0.422. The van der Waals surface area contributed by atoms with E-state index in [1.165, 1.54) is 0 Å². The van der Waals surface area contributed by atoms with Crippen LogP contribution in [0.1, 0.15) is 6.42 Å². The summed E-state index contributed by atoms with van der Waals surface area (Å²) < 4.78 is 16.9. The van der Waals surface area contributed by atoms with E-state index in [0.717, 1.165) is 0 Å². The predicted molar refractivity (Wildman–Crippen MR) is 35.5 cm³/mol. The fraction of sp³-hybridized carbons (Fsp3) is 1.00. The average Bonchev–Trinajstić information content (AvgIpc) is 2.36. The first kappa shape index (κ1) is 7.95. The molecule has 0 aromatic rings. The van der Waals surface area contributed by atoms with E-state index in [0.29, 0.717) is 19.6 Å². The van der Waals surface area contributed by atoms with E-state index in [-0.39, 0.29) is 25.1 Å². The molecule has 1 aliphatic heterocycles. The van der Waals surface area contributed by atoms with Gasteiger partial charge in [0.15, 0.2) is 0 Å². The molecule has 3 heteroatoms. The Morgan fingerprint density at radius 2 is 2.10 bits per heavy atom. The molecular weight excluding hydrogens is 135 g/mol. The molecule has 1 saturated heterocycles. The number of ether oxygens (including phenoxy) is 1. The van der Waals surface area contributed by atoms with Gasteiger partial charge in [-0.3, -0.25) is 4.39 Å². The normalized spacial score (nSPS) is 33.0. The monoisotopic (exact) mass is 148 g/mol. The van der Waals surface area contributed by atoms with Gasteiger partial charge in [0.25, 0.3) is 0 Å². The van der Waals surface area contributed by atoms with Crippen LogP contribution in [0.2, 0.25) is 0 Å². The Labute approximate surface area is 60.0 Å². The van der Waals surface area contributed by atoms with Crippen LogP contribution < -0.4 is 0 Å². The highest BCUT2D eigenvalue weighted by Crippen LogP contribution is 2.22. The second-order valence-corrected chi connectivity index (χ2v) is 2.72. The fourth-order valence-corrected chi connectivity index (χ4v) is 1.30. The highest BCUT2D eigenvalue weighted by Gasteiger charge is 2.26. The quantitative estimate of drug-likeness (QED) is 0.635. The number of hydrogen-bond acceptors (Lipinski definition) is 2. The average molecular weight is 148 g/mol. The first-order valence-electron chi connectivity index (χ1n) is 3.63. The number of aliphatic hydroxyl groups is 1. The maximum absolute atomic E-state index is 11.8. The second kappa shape index (κ2) is 3.88. The van der Waals surface area contributed by atoms with Gasteiger partial charge in [0, 0.05) is 19.1 Å². The van der Waals surface area contributed by atoms with Gasteiger partial charge in [-0.15, -0.1) is 0 Å². The maximum atomic E-state index is 11.8. The molecule has 2 atom stereocenters. The third kappa shape index (κ3) is 1.67. The van der Waals surface area contributed by atoms with Crippen molar-refractivity contribution in [2.75, 3.05) is 26.5 Å². The molecule has 10 heavy (non-hydrogen) atoms. The first-order chi connectivity index (χ1) is 4.88. The van der Waals surface area contributed by atoms with E-state index < -0.39 is 0 Å². The summed E-state index contributed by atoms with van der Waals surface area (Å²) in [6.07, 6.45) is 0.533. The molecule has 1 rings (SSSR count). The van der Waals surface area contributed by atoms with Crippen LogP contribution in [0.3, 0.4) is 0 Å². The summed E-state index contributed by atoms with van der Waals surface area (Å²) in [5.41, 5.74) is 0. The van der Waals surface area contributed by atoms with Gasteiger partial charge < -0.3 is 9.84 Å². The lowest BCUT2D eigenvalue weighted by molar-refractivity contribution is 0.160. The van der Waals surface area contributed by atoms with Crippen molar-refractivity contribution in [2.45, 2.75) is 6.42 Å². The van der Waals surface area contributed by atoms with Crippen LogP contribution >= 0.6 is 0 Å². The van der Waals surface area contributed by atoms with Crippen LogP contribution in [0.4, 0.5) is 4.39 Å². The van der Waals surface area contributed by atoms with Gasteiger partial charge >= 0.3 is 0 Å². The van der Waals surface area contributed by atoms with Crippen molar-refractivity contribution in [3.63, 3.8) is 0 Å². The van der Waals surface area contributed by atoms with E-state index in [1.54, 1.807) is 0 Å². The fourth-order valence-electron chi connectivity index (χ4n) is 1.30. The molecule has 0 aliphatic carbocycles. The molecule has 0 amide bonds. The molecule has 2 nitrogen and oxygen atoms in total. The molecule has 0 aromatic heterocycles. The minimum atomic E-state index is -0.301. The standard InChI is InChI=1S/C7H13FO2/c8-2-1-6-4-10-5-7(6)3-9/h6-7,9H,1-5H2. The molecular formula is C7H13FO2. The summed E-state index contributed by atoms with van der Waals surface area (Å²) in [7, 11) is 0. The van der Waals surface area contributed by atoms with Crippen LogP contribution in [0.25, 0.3) is 0 Å². The van der Waals surface area contributed by atoms with Crippen molar-refractivity contribution in [1.29, 1.82) is 0 Å². The lowest BCUT2D eigenvalue weighted by atomic mass is 9.94. The third-order valence-electron chi connectivity index (χ3n) is 2.04. The predicted octanol–water partition coefficient (Wildman–Crippen LogP) is 0.601. The third-order valence-corrected chi connectivity index (χ3v) is 2.04. The van der Waals surface area contributed by atoms with Crippen molar-refractivity contribution < 1.29 is 14.2 Å². The molecule has 0 saturated carbocycles. The smallest absolute Gasteiger partial charge is 0.0898 e. The lowest BCUT2D eigenvalue weighted by Gasteiger charge is -2.11. The zero-order valence-electron chi connectivity index (χ0n) is 5.92. The molecule has 1 fully saturated rings. The minimum absolute atomic E-state index is 0.130. The van der Waals surface area contributed by atoms with Gasteiger partial charge in [0.1, 0.15) is 0 Å². The van der Waals surface area contributed by atoms with Gasteiger partial charge in [-0.25, -0.2) is 0 Å². The van der Waals surface area contributed by atoms with Crippen LogP contribution in [-0.4, -0.2) is 31.6 Å². The summed E-state index contributed by atoms with van der Waals surface area (Å²) >= 11 is 0. The Morgan fingerprint density at radius 1 is 1.40 bits per heavy atom.